The van der Waals surface area contributed by atoms with Crippen molar-refractivity contribution in [1.29, 1.82) is 0 Å². The number of aryl methyl sites for hydroxylation is 1. The molecule has 1 aromatic heterocycles. The molecule has 1 aliphatic heterocycles. The summed E-state index contributed by atoms with van der Waals surface area (Å²) in [5.74, 6) is 0. The Morgan fingerprint density at radius 3 is 2.62 bits per heavy atom. The van der Waals surface area contributed by atoms with Crippen LogP contribution in [0.15, 0.2) is 10.7 Å². The van der Waals surface area contributed by atoms with Crippen LogP contribution in [0, 0.1) is 0 Å². The van der Waals surface area contributed by atoms with Crippen LogP contribution in [-0.4, -0.2) is 53.6 Å². The first kappa shape index (κ1) is 16.9. The van der Waals surface area contributed by atoms with Crippen LogP contribution in [0.4, 0.5) is 0 Å². The lowest BCUT2D eigenvalue weighted by Crippen LogP contribution is -2.57. The summed E-state index contributed by atoms with van der Waals surface area (Å²) in [7, 11) is 2.04. The van der Waals surface area contributed by atoms with E-state index in [-0.39, 0.29) is 11.6 Å². The zero-order valence-corrected chi connectivity index (χ0v) is 15.1. The maximum Gasteiger partial charge on any atom is 0.0714 e. The molecule has 2 rings (SSSR count). The molecule has 0 amide bonds. The number of ether oxygens (including phenoxy) is 1. The maximum atomic E-state index is 5.52. The van der Waals surface area contributed by atoms with Gasteiger partial charge in [0.05, 0.1) is 35.6 Å². The van der Waals surface area contributed by atoms with Crippen LogP contribution in [-0.2, 0) is 11.3 Å². The Labute approximate surface area is 136 Å². The Morgan fingerprint density at radius 1 is 1.43 bits per heavy atom. The van der Waals surface area contributed by atoms with Crippen molar-refractivity contribution in [2.75, 3.05) is 33.4 Å². The average molecular weight is 359 g/mol. The van der Waals surface area contributed by atoms with Crippen LogP contribution < -0.4 is 5.32 Å². The minimum atomic E-state index is 0.0357. The highest BCUT2D eigenvalue weighted by Gasteiger charge is 2.41. The number of rotatable bonds is 6. The molecular weight excluding hydrogens is 332 g/mol. The normalized spacial score (nSPS) is 21.2. The third-order valence-electron chi connectivity index (χ3n) is 4.77. The number of morpholine rings is 1. The number of hydrogen-bond acceptors (Lipinski definition) is 4. The minimum Gasteiger partial charge on any atom is -0.379 e. The standard InChI is InChI=1S/C15H27BrN4O/c1-5-15(3,19-7-9-21-10-8-19)14(17-4)13-12(16)11-18-20(13)6-2/h11,14,17H,5-10H2,1-4H3. The molecule has 1 N–H and O–H groups in total. The maximum absolute atomic E-state index is 5.52. The van der Waals surface area contributed by atoms with Gasteiger partial charge in [0.25, 0.3) is 0 Å². The molecule has 6 heteroatoms. The molecule has 1 aliphatic rings. The minimum absolute atomic E-state index is 0.0357. The number of likely N-dealkylation sites (N-methyl/N-ethyl adjacent to an activating group) is 1. The van der Waals surface area contributed by atoms with Gasteiger partial charge in [0.15, 0.2) is 0 Å². The fourth-order valence-corrected chi connectivity index (χ4v) is 3.86. The van der Waals surface area contributed by atoms with E-state index in [1.165, 1.54) is 5.69 Å². The average Bonchev–Trinajstić information content (AvgIpc) is 2.89. The van der Waals surface area contributed by atoms with E-state index in [9.17, 15) is 0 Å². The van der Waals surface area contributed by atoms with Gasteiger partial charge in [0.2, 0.25) is 0 Å². The van der Waals surface area contributed by atoms with Crippen LogP contribution >= 0.6 is 15.9 Å². The summed E-state index contributed by atoms with van der Waals surface area (Å²) in [5.41, 5.74) is 1.27. The molecule has 2 unspecified atom stereocenters. The highest BCUT2D eigenvalue weighted by Crippen LogP contribution is 2.37. The van der Waals surface area contributed by atoms with Crippen LogP contribution in [0.1, 0.15) is 38.9 Å². The molecule has 0 aromatic carbocycles. The Bertz CT molecular complexity index is 459. The van der Waals surface area contributed by atoms with Gasteiger partial charge in [-0.1, -0.05) is 6.92 Å². The summed E-state index contributed by atoms with van der Waals surface area (Å²) in [5, 5.41) is 8.02. The summed E-state index contributed by atoms with van der Waals surface area (Å²) in [6.07, 6.45) is 2.97. The van der Waals surface area contributed by atoms with Gasteiger partial charge in [-0.2, -0.15) is 5.10 Å². The zero-order chi connectivity index (χ0) is 15.5. The zero-order valence-electron chi connectivity index (χ0n) is 13.5. The number of nitrogens with one attached hydrogen (secondary N) is 1. The van der Waals surface area contributed by atoms with E-state index in [2.05, 4.69) is 56.7 Å². The largest absolute Gasteiger partial charge is 0.379 e. The number of aromatic nitrogens is 2. The van der Waals surface area contributed by atoms with Gasteiger partial charge in [-0.05, 0) is 43.2 Å². The molecule has 21 heavy (non-hydrogen) atoms. The van der Waals surface area contributed by atoms with Crippen LogP contribution in [0.25, 0.3) is 0 Å². The van der Waals surface area contributed by atoms with Crippen LogP contribution in [0.5, 0.6) is 0 Å². The van der Waals surface area contributed by atoms with Gasteiger partial charge in [-0.3, -0.25) is 9.58 Å². The van der Waals surface area contributed by atoms with Crippen LogP contribution in [0.2, 0.25) is 0 Å². The third kappa shape index (κ3) is 3.18. The number of halogens is 1. The van der Waals surface area contributed by atoms with Crippen molar-refractivity contribution in [3.8, 4) is 0 Å². The molecule has 0 radical (unpaired) electrons. The quantitative estimate of drug-likeness (QED) is 0.847. The molecule has 120 valence electrons. The molecule has 0 spiro atoms. The highest BCUT2D eigenvalue weighted by molar-refractivity contribution is 9.10. The summed E-state index contributed by atoms with van der Waals surface area (Å²) in [6.45, 7) is 11.2. The second kappa shape index (κ2) is 7.22. The number of hydrogen-bond donors (Lipinski definition) is 1. The van der Waals surface area contributed by atoms with Crippen molar-refractivity contribution in [3.05, 3.63) is 16.4 Å². The highest BCUT2D eigenvalue weighted by atomic mass is 79.9. The summed E-state index contributed by atoms with van der Waals surface area (Å²) in [4.78, 5) is 2.55. The van der Waals surface area contributed by atoms with E-state index in [1.807, 2.05) is 13.2 Å². The van der Waals surface area contributed by atoms with E-state index < -0.39 is 0 Å². The van der Waals surface area contributed by atoms with E-state index in [1.54, 1.807) is 0 Å². The molecule has 1 saturated heterocycles. The molecule has 0 saturated carbocycles. The van der Waals surface area contributed by atoms with Gasteiger partial charge in [0, 0.05) is 25.2 Å². The Balaban J connectivity index is 2.38. The molecule has 0 aliphatic carbocycles. The van der Waals surface area contributed by atoms with Crippen molar-refractivity contribution in [3.63, 3.8) is 0 Å². The van der Waals surface area contributed by atoms with Gasteiger partial charge < -0.3 is 10.1 Å². The van der Waals surface area contributed by atoms with E-state index in [0.29, 0.717) is 0 Å². The smallest absolute Gasteiger partial charge is 0.0714 e. The molecule has 1 aromatic rings. The monoisotopic (exact) mass is 358 g/mol. The van der Waals surface area contributed by atoms with Crippen molar-refractivity contribution in [1.82, 2.24) is 20.0 Å². The van der Waals surface area contributed by atoms with Gasteiger partial charge in [0.1, 0.15) is 0 Å². The summed E-state index contributed by atoms with van der Waals surface area (Å²) in [6, 6.07) is 0.220. The third-order valence-corrected chi connectivity index (χ3v) is 5.38. The lowest BCUT2D eigenvalue weighted by molar-refractivity contribution is -0.0331. The summed E-state index contributed by atoms with van der Waals surface area (Å²) >= 11 is 3.68. The van der Waals surface area contributed by atoms with E-state index in [4.69, 9.17) is 4.74 Å². The molecule has 2 heterocycles. The van der Waals surface area contributed by atoms with Gasteiger partial charge >= 0.3 is 0 Å². The van der Waals surface area contributed by atoms with Crippen molar-refractivity contribution < 1.29 is 4.74 Å². The fraction of sp³-hybridized carbons (Fsp3) is 0.800. The van der Waals surface area contributed by atoms with Crippen molar-refractivity contribution >= 4 is 15.9 Å². The van der Waals surface area contributed by atoms with Gasteiger partial charge in [-0.25, -0.2) is 0 Å². The molecular formula is C15H27BrN4O. The Hall–Kier alpha value is -0.430. The second-order valence-electron chi connectivity index (χ2n) is 5.73. The molecule has 2 atom stereocenters. The Kier molecular flexibility index (Phi) is 5.82. The van der Waals surface area contributed by atoms with E-state index in [0.717, 1.165) is 43.7 Å². The number of nitrogens with zero attached hydrogens (tertiary/aromatic N) is 3. The molecule has 1 fully saturated rings. The molecule has 0 bridgehead atoms. The first-order valence-electron chi connectivity index (χ1n) is 7.79. The van der Waals surface area contributed by atoms with E-state index >= 15 is 0 Å². The van der Waals surface area contributed by atoms with Crippen LogP contribution in [0.3, 0.4) is 0 Å². The van der Waals surface area contributed by atoms with Crippen molar-refractivity contribution in [2.45, 2.75) is 45.3 Å². The lowest BCUT2D eigenvalue weighted by atomic mass is 9.84. The molecule has 5 nitrogen and oxygen atoms in total. The fourth-order valence-electron chi connectivity index (χ4n) is 3.34. The first-order valence-corrected chi connectivity index (χ1v) is 8.59. The predicted molar refractivity (Wildman–Crippen MR) is 88.5 cm³/mol. The predicted octanol–water partition coefficient (Wildman–Crippen LogP) is 2.43. The van der Waals surface area contributed by atoms with Crippen molar-refractivity contribution in [2.24, 2.45) is 0 Å². The summed E-state index contributed by atoms with van der Waals surface area (Å²) < 4.78 is 8.69. The first-order chi connectivity index (χ1) is 10.1. The lowest BCUT2D eigenvalue weighted by Gasteiger charge is -2.47. The Morgan fingerprint density at radius 2 is 2.10 bits per heavy atom. The second-order valence-corrected chi connectivity index (χ2v) is 6.58. The topological polar surface area (TPSA) is 42.3 Å². The SMILES string of the molecule is CCn1ncc(Br)c1C(NC)C(C)(CC)N1CCOCC1. The van der Waals surface area contributed by atoms with Gasteiger partial charge in [-0.15, -0.1) is 0 Å².